The van der Waals surface area contributed by atoms with Gasteiger partial charge in [0.15, 0.2) is 0 Å². The molecule has 5 heteroatoms. The van der Waals surface area contributed by atoms with Gasteiger partial charge in [-0.25, -0.2) is 0 Å². The maximum absolute atomic E-state index is 12.5. The Balaban J connectivity index is 2.40. The van der Waals surface area contributed by atoms with Crippen LogP contribution in [0.2, 0.25) is 0 Å². The van der Waals surface area contributed by atoms with E-state index < -0.39 is 5.91 Å². The van der Waals surface area contributed by atoms with Crippen molar-refractivity contribution in [3.8, 4) is 0 Å². The minimum absolute atomic E-state index is 0.0349. The highest BCUT2D eigenvalue weighted by molar-refractivity contribution is 6.01. The van der Waals surface area contributed by atoms with Gasteiger partial charge in [0.1, 0.15) is 11.4 Å². The van der Waals surface area contributed by atoms with Gasteiger partial charge >= 0.3 is 0 Å². The highest BCUT2D eigenvalue weighted by atomic mass is 16.2. The number of amides is 1. The summed E-state index contributed by atoms with van der Waals surface area (Å²) < 4.78 is 1.68. The number of carbonyl (C=O) groups is 1. The molecule has 0 bridgehead atoms. The maximum atomic E-state index is 12.5. The molecular weight excluding hydrogens is 266 g/mol. The Hall–Kier alpha value is -2.30. The van der Waals surface area contributed by atoms with E-state index in [1.54, 1.807) is 23.7 Å². The molecule has 2 aromatic rings. The van der Waals surface area contributed by atoms with Gasteiger partial charge in [-0.05, 0) is 18.6 Å². The minimum atomic E-state index is -0.394. The Kier molecular flexibility index (Phi) is 4.62. The van der Waals surface area contributed by atoms with Crippen molar-refractivity contribution < 1.29 is 4.79 Å². The lowest BCUT2D eigenvalue weighted by atomic mass is 10.1. The number of anilines is 1. The zero-order chi connectivity index (χ0) is 15.4. The minimum Gasteiger partial charge on any atom is -0.384 e. The zero-order valence-corrected chi connectivity index (χ0v) is 12.5. The summed E-state index contributed by atoms with van der Waals surface area (Å²) in [6.45, 7) is 2.65. The summed E-state index contributed by atoms with van der Waals surface area (Å²) in [6.07, 6.45) is 3.03. The van der Waals surface area contributed by atoms with Crippen LogP contribution < -0.4 is 16.5 Å². The summed E-state index contributed by atoms with van der Waals surface area (Å²) in [5.41, 5.74) is 6.43. The van der Waals surface area contributed by atoms with Crippen molar-refractivity contribution >= 4 is 22.6 Å². The lowest BCUT2D eigenvalue weighted by molar-refractivity contribution is 0.0952. The van der Waals surface area contributed by atoms with Crippen LogP contribution in [0.15, 0.2) is 29.1 Å². The molecule has 0 spiro atoms. The van der Waals surface area contributed by atoms with Crippen LogP contribution in [-0.2, 0) is 7.05 Å². The van der Waals surface area contributed by atoms with Crippen LogP contribution in [0.5, 0.6) is 0 Å². The summed E-state index contributed by atoms with van der Waals surface area (Å²) in [5, 5.41) is 3.28. The van der Waals surface area contributed by atoms with Gasteiger partial charge in [0, 0.05) is 19.0 Å². The summed E-state index contributed by atoms with van der Waals surface area (Å²) in [4.78, 5) is 24.7. The molecule has 1 heterocycles. The quantitative estimate of drug-likeness (QED) is 0.826. The van der Waals surface area contributed by atoms with Gasteiger partial charge in [0.25, 0.3) is 5.91 Å². The molecular formula is C16H21N3O2. The third kappa shape index (κ3) is 2.91. The van der Waals surface area contributed by atoms with Gasteiger partial charge in [0.2, 0.25) is 5.43 Å². The fourth-order valence-electron chi connectivity index (χ4n) is 2.39. The summed E-state index contributed by atoms with van der Waals surface area (Å²) >= 11 is 0. The van der Waals surface area contributed by atoms with E-state index in [0.717, 1.165) is 24.8 Å². The number of unbranched alkanes of at least 4 members (excludes halogenated alkanes) is 2. The van der Waals surface area contributed by atoms with E-state index >= 15 is 0 Å². The van der Waals surface area contributed by atoms with Crippen molar-refractivity contribution in [2.75, 3.05) is 12.3 Å². The second-order valence-corrected chi connectivity index (χ2v) is 5.13. The Morgan fingerprint density at radius 1 is 1.29 bits per heavy atom. The average Bonchev–Trinajstić information content (AvgIpc) is 2.49. The summed E-state index contributed by atoms with van der Waals surface area (Å²) in [6, 6.07) is 7.15. The highest BCUT2D eigenvalue weighted by Gasteiger charge is 2.18. The number of pyridine rings is 1. The fraction of sp³-hybridized carbons (Fsp3) is 0.375. The number of benzene rings is 1. The first kappa shape index (κ1) is 15.1. The van der Waals surface area contributed by atoms with E-state index in [4.69, 9.17) is 5.73 Å². The largest absolute Gasteiger partial charge is 0.384 e. The molecule has 1 amide bonds. The number of rotatable bonds is 5. The van der Waals surface area contributed by atoms with Crippen LogP contribution in [-0.4, -0.2) is 17.0 Å². The van der Waals surface area contributed by atoms with Crippen molar-refractivity contribution in [1.82, 2.24) is 9.88 Å². The third-order valence-electron chi connectivity index (χ3n) is 3.65. The highest BCUT2D eigenvalue weighted by Crippen LogP contribution is 2.16. The van der Waals surface area contributed by atoms with Crippen molar-refractivity contribution in [3.05, 3.63) is 40.1 Å². The molecule has 2 rings (SSSR count). The number of nitrogen functional groups attached to an aromatic ring is 1. The monoisotopic (exact) mass is 287 g/mol. The standard InChI is InChI=1S/C16H21N3O2/c1-3-4-7-10-18-16(21)13-14(20)11-8-5-6-9-12(11)19(2)15(13)17/h5-6,8-9H,3-4,7,10,17H2,1-2H3,(H,18,21). The number of para-hydroxylation sites is 1. The second kappa shape index (κ2) is 6.43. The molecule has 0 atom stereocenters. The van der Waals surface area contributed by atoms with Crippen molar-refractivity contribution in [3.63, 3.8) is 0 Å². The molecule has 0 saturated heterocycles. The van der Waals surface area contributed by atoms with E-state index in [1.165, 1.54) is 0 Å². The number of aryl methyl sites for hydroxylation is 1. The Labute approximate surface area is 123 Å². The first-order valence-electron chi connectivity index (χ1n) is 7.23. The first-order valence-corrected chi connectivity index (χ1v) is 7.23. The molecule has 3 N–H and O–H groups in total. The van der Waals surface area contributed by atoms with E-state index in [1.807, 2.05) is 12.1 Å². The molecule has 112 valence electrons. The molecule has 0 aliphatic carbocycles. The van der Waals surface area contributed by atoms with Gasteiger partial charge < -0.3 is 15.6 Å². The molecule has 1 aromatic carbocycles. The second-order valence-electron chi connectivity index (χ2n) is 5.13. The maximum Gasteiger partial charge on any atom is 0.258 e. The number of hydrogen-bond donors (Lipinski definition) is 2. The van der Waals surface area contributed by atoms with E-state index in [2.05, 4.69) is 12.2 Å². The number of hydrogen-bond acceptors (Lipinski definition) is 3. The number of fused-ring (bicyclic) bond motifs is 1. The molecule has 0 unspecified atom stereocenters. The summed E-state index contributed by atoms with van der Waals surface area (Å²) in [5.74, 6) is -0.193. The number of nitrogens with one attached hydrogen (secondary N) is 1. The van der Waals surface area contributed by atoms with E-state index in [9.17, 15) is 9.59 Å². The number of aromatic nitrogens is 1. The number of nitrogens with zero attached hydrogens (tertiary/aromatic N) is 1. The Bertz CT molecular complexity index is 719. The fourth-order valence-corrected chi connectivity index (χ4v) is 2.39. The Morgan fingerprint density at radius 3 is 2.71 bits per heavy atom. The summed E-state index contributed by atoms with van der Waals surface area (Å²) in [7, 11) is 1.75. The van der Waals surface area contributed by atoms with Crippen LogP contribution >= 0.6 is 0 Å². The molecule has 21 heavy (non-hydrogen) atoms. The van der Waals surface area contributed by atoms with Crippen LogP contribution in [0.3, 0.4) is 0 Å². The molecule has 0 saturated carbocycles. The van der Waals surface area contributed by atoms with E-state index in [0.29, 0.717) is 11.9 Å². The normalized spacial score (nSPS) is 10.8. The predicted molar refractivity (Wildman–Crippen MR) is 85.5 cm³/mol. The molecule has 0 aliphatic heterocycles. The Morgan fingerprint density at radius 2 is 2.00 bits per heavy atom. The van der Waals surface area contributed by atoms with Crippen LogP contribution in [0.1, 0.15) is 36.5 Å². The van der Waals surface area contributed by atoms with Crippen molar-refractivity contribution in [1.29, 1.82) is 0 Å². The van der Waals surface area contributed by atoms with Gasteiger partial charge in [-0.3, -0.25) is 9.59 Å². The topological polar surface area (TPSA) is 77.1 Å². The molecule has 0 aliphatic rings. The first-order chi connectivity index (χ1) is 10.1. The van der Waals surface area contributed by atoms with Crippen LogP contribution in [0.25, 0.3) is 10.9 Å². The smallest absolute Gasteiger partial charge is 0.258 e. The van der Waals surface area contributed by atoms with Crippen molar-refractivity contribution in [2.24, 2.45) is 7.05 Å². The number of nitrogens with two attached hydrogens (primary N) is 1. The zero-order valence-electron chi connectivity index (χ0n) is 12.5. The molecule has 0 radical (unpaired) electrons. The molecule has 0 fully saturated rings. The predicted octanol–water partition coefficient (Wildman–Crippen LogP) is 2.04. The number of carbonyl (C=O) groups excluding carboxylic acids is 1. The van der Waals surface area contributed by atoms with Crippen LogP contribution in [0, 0.1) is 0 Å². The van der Waals surface area contributed by atoms with E-state index in [-0.39, 0.29) is 16.8 Å². The van der Waals surface area contributed by atoms with Gasteiger partial charge in [0.05, 0.1) is 5.52 Å². The lowest BCUT2D eigenvalue weighted by Crippen LogP contribution is -2.32. The van der Waals surface area contributed by atoms with Gasteiger partial charge in [-0.15, -0.1) is 0 Å². The lowest BCUT2D eigenvalue weighted by Gasteiger charge is -2.13. The van der Waals surface area contributed by atoms with Gasteiger partial charge in [-0.1, -0.05) is 31.9 Å². The average molecular weight is 287 g/mol. The third-order valence-corrected chi connectivity index (χ3v) is 3.65. The van der Waals surface area contributed by atoms with Crippen molar-refractivity contribution in [2.45, 2.75) is 26.2 Å². The SMILES string of the molecule is CCCCCNC(=O)c1c(N)n(C)c2ccccc2c1=O. The molecule has 1 aromatic heterocycles. The van der Waals surface area contributed by atoms with Crippen LogP contribution in [0.4, 0.5) is 5.82 Å². The van der Waals surface area contributed by atoms with Gasteiger partial charge in [-0.2, -0.15) is 0 Å². The molecule has 5 nitrogen and oxygen atoms in total.